The normalized spacial score (nSPS) is 16.4. The molecule has 1 unspecified atom stereocenters. The third-order valence-electron chi connectivity index (χ3n) is 3.21. The quantitative estimate of drug-likeness (QED) is 0.774. The monoisotopic (exact) mass is 399 g/mol. The van der Waals surface area contributed by atoms with Crippen molar-refractivity contribution in [2.75, 3.05) is 11.9 Å². The summed E-state index contributed by atoms with van der Waals surface area (Å²) >= 11 is 8.06. The second-order valence-electron chi connectivity index (χ2n) is 4.51. The van der Waals surface area contributed by atoms with Gasteiger partial charge in [0.25, 0.3) is 0 Å². The summed E-state index contributed by atoms with van der Waals surface area (Å²) in [6.45, 7) is 0.384. The Kier molecular flexibility index (Phi) is 3.85. The fourth-order valence-corrected chi connectivity index (χ4v) is 3.20. The maximum atomic E-state index is 12.4. The van der Waals surface area contributed by atoms with Crippen molar-refractivity contribution in [1.82, 2.24) is 0 Å². The molecule has 0 aromatic heterocycles. The van der Waals surface area contributed by atoms with Gasteiger partial charge in [0.1, 0.15) is 18.3 Å². The van der Waals surface area contributed by atoms with E-state index in [2.05, 4.69) is 27.9 Å². The van der Waals surface area contributed by atoms with Gasteiger partial charge in [0, 0.05) is 14.2 Å². The minimum atomic E-state index is -0.266. The first-order chi connectivity index (χ1) is 9.65. The van der Waals surface area contributed by atoms with Crippen LogP contribution in [0.2, 0.25) is 5.02 Å². The second-order valence-corrected chi connectivity index (χ2v) is 6.11. The lowest BCUT2D eigenvalue weighted by Crippen LogP contribution is -2.22. The van der Waals surface area contributed by atoms with Crippen LogP contribution in [-0.2, 0) is 4.79 Å². The van der Waals surface area contributed by atoms with Crippen LogP contribution >= 0.6 is 34.2 Å². The predicted octanol–water partition coefficient (Wildman–Crippen LogP) is 4.06. The van der Waals surface area contributed by atoms with Crippen molar-refractivity contribution in [3.63, 3.8) is 0 Å². The molecule has 2 aromatic rings. The summed E-state index contributed by atoms with van der Waals surface area (Å²) in [4.78, 5) is 12.4. The van der Waals surface area contributed by atoms with E-state index >= 15 is 0 Å². The van der Waals surface area contributed by atoms with E-state index in [-0.39, 0.29) is 11.8 Å². The van der Waals surface area contributed by atoms with Gasteiger partial charge in [0.05, 0.1) is 5.69 Å². The van der Waals surface area contributed by atoms with Gasteiger partial charge in [-0.1, -0.05) is 29.8 Å². The Morgan fingerprint density at radius 1 is 1.30 bits per heavy atom. The minimum Gasteiger partial charge on any atom is -0.492 e. The Morgan fingerprint density at radius 3 is 2.90 bits per heavy atom. The largest absolute Gasteiger partial charge is 0.492 e. The second kappa shape index (κ2) is 5.61. The predicted molar refractivity (Wildman–Crippen MR) is 87.5 cm³/mol. The zero-order valence-electron chi connectivity index (χ0n) is 10.4. The van der Waals surface area contributed by atoms with Crippen molar-refractivity contribution in [2.45, 2.75) is 5.92 Å². The lowest BCUT2D eigenvalue weighted by molar-refractivity contribution is -0.117. The van der Waals surface area contributed by atoms with Gasteiger partial charge >= 0.3 is 0 Å². The number of anilines is 1. The molecule has 0 saturated heterocycles. The number of para-hydroxylation sites is 1. The number of rotatable bonds is 2. The van der Waals surface area contributed by atoms with E-state index in [4.69, 9.17) is 16.3 Å². The van der Waals surface area contributed by atoms with Gasteiger partial charge in [-0.15, -0.1) is 0 Å². The maximum absolute atomic E-state index is 12.4. The van der Waals surface area contributed by atoms with E-state index in [9.17, 15) is 4.79 Å². The lowest BCUT2D eigenvalue weighted by Gasteiger charge is -2.11. The molecule has 102 valence electrons. The molecule has 1 aliphatic heterocycles. The summed E-state index contributed by atoms with van der Waals surface area (Å²) < 4.78 is 6.45. The van der Waals surface area contributed by atoms with Crippen LogP contribution in [0, 0.1) is 3.57 Å². The minimum absolute atomic E-state index is 0.0600. The van der Waals surface area contributed by atoms with Crippen LogP contribution in [0.5, 0.6) is 5.75 Å². The molecular weight excluding hydrogens is 389 g/mol. The van der Waals surface area contributed by atoms with Crippen molar-refractivity contribution < 1.29 is 9.53 Å². The lowest BCUT2D eigenvalue weighted by atomic mass is 10.0. The van der Waals surface area contributed by atoms with Crippen molar-refractivity contribution in [3.05, 3.63) is 56.6 Å². The molecule has 0 saturated carbocycles. The van der Waals surface area contributed by atoms with E-state index < -0.39 is 0 Å². The van der Waals surface area contributed by atoms with E-state index in [1.54, 1.807) is 6.07 Å². The molecule has 3 rings (SSSR count). The molecule has 1 atom stereocenters. The molecule has 1 heterocycles. The van der Waals surface area contributed by atoms with Crippen molar-refractivity contribution in [2.24, 2.45) is 0 Å². The number of hydrogen-bond acceptors (Lipinski definition) is 2. The molecule has 0 aliphatic carbocycles. The molecule has 1 amide bonds. The topological polar surface area (TPSA) is 38.3 Å². The highest BCUT2D eigenvalue weighted by Crippen LogP contribution is 2.34. The highest BCUT2D eigenvalue weighted by atomic mass is 127. The molecule has 1 aliphatic rings. The van der Waals surface area contributed by atoms with Crippen molar-refractivity contribution in [1.29, 1.82) is 0 Å². The van der Waals surface area contributed by atoms with Gasteiger partial charge in [-0.3, -0.25) is 4.79 Å². The first-order valence-corrected chi connectivity index (χ1v) is 7.58. The molecule has 3 nitrogen and oxygen atoms in total. The number of carbonyl (C=O) groups excluding carboxylic acids is 1. The molecule has 0 bridgehead atoms. The van der Waals surface area contributed by atoms with Gasteiger partial charge < -0.3 is 10.1 Å². The van der Waals surface area contributed by atoms with Crippen LogP contribution in [0.25, 0.3) is 0 Å². The summed E-state index contributed by atoms with van der Waals surface area (Å²) in [5.41, 5.74) is 1.71. The number of carbonyl (C=O) groups is 1. The third kappa shape index (κ3) is 2.62. The molecule has 0 spiro atoms. The van der Waals surface area contributed by atoms with Crippen LogP contribution in [0.1, 0.15) is 11.5 Å². The number of ether oxygens (including phenoxy) is 1. The Morgan fingerprint density at radius 2 is 2.10 bits per heavy atom. The summed E-state index contributed by atoms with van der Waals surface area (Å²) in [5, 5.41) is 3.59. The number of nitrogens with one attached hydrogen (secondary N) is 1. The van der Waals surface area contributed by atoms with E-state index in [0.717, 1.165) is 20.6 Å². The van der Waals surface area contributed by atoms with Gasteiger partial charge in [-0.2, -0.15) is 0 Å². The van der Waals surface area contributed by atoms with Gasteiger partial charge in [-0.05, 0) is 46.9 Å². The molecule has 0 fully saturated rings. The van der Waals surface area contributed by atoms with E-state index in [0.29, 0.717) is 11.6 Å². The number of halogens is 2. The first-order valence-electron chi connectivity index (χ1n) is 6.13. The standard InChI is InChI=1S/C15H11ClINO2/c16-9-5-6-13(12(17)7-9)18-15(19)11-8-20-14-4-2-1-3-10(11)14/h1-7,11H,8H2,(H,18,19). The molecule has 2 aromatic carbocycles. The Labute approximate surface area is 135 Å². The first kappa shape index (κ1) is 13.7. The average Bonchev–Trinajstić information content (AvgIpc) is 2.86. The number of amides is 1. The fourth-order valence-electron chi connectivity index (χ4n) is 2.19. The Hall–Kier alpha value is -1.27. The third-order valence-corrected chi connectivity index (χ3v) is 4.33. The summed E-state index contributed by atoms with van der Waals surface area (Å²) in [6, 6.07) is 13.0. The summed E-state index contributed by atoms with van der Waals surface area (Å²) in [6.07, 6.45) is 0. The molecule has 5 heteroatoms. The SMILES string of the molecule is O=C(Nc1ccc(Cl)cc1I)C1COc2ccccc21. The van der Waals surface area contributed by atoms with Crippen molar-refractivity contribution >= 4 is 45.8 Å². The fraction of sp³-hybridized carbons (Fsp3) is 0.133. The van der Waals surface area contributed by atoms with Crippen LogP contribution in [0.15, 0.2) is 42.5 Å². The Balaban J connectivity index is 1.81. The number of fused-ring (bicyclic) bond motifs is 1. The average molecular weight is 400 g/mol. The highest BCUT2D eigenvalue weighted by molar-refractivity contribution is 14.1. The molecule has 0 radical (unpaired) electrons. The molecular formula is C15H11ClINO2. The number of benzene rings is 2. The van der Waals surface area contributed by atoms with Gasteiger partial charge in [0.2, 0.25) is 5.91 Å². The van der Waals surface area contributed by atoms with Crippen LogP contribution in [0.3, 0.4) is 0 Å². The molecule has 1 N–H and O–H groups in total. The highest BCUT2D eigenvalue weighted by Gasteiger charge is 2.30. The van der Waals surface area contributed by atoms with Crippen molar-refractivity contribution in [3.8, 4) is 5.75 Å². The van der Waals surface area contributed by atoms with E-state index in [1.807, 2.05) is 36.4 Å². The number of hydrogen-bond donors (Lipinski definition) is 1. The zero-order chi connectivity index (χ0) is 14.1. The van der Waals surface area contributed by atoms with Gasteiger partial charge in [0.15, 0.2) is 0 Å². The van der Waals surface area contributed by atoms with Crippen LogP contribution in [-0.4, -0.2) is 12.5 Å². The summed E-state index contributed by atoms with van der Waals surface area (Å²) in [5.74, 6) is 0.464. The zero-order valence-corrected chi connectivity index (χ0v) is 13.3. The van der Waals surface area contributed by atoms with Crippen LogP contribution < -0.4 is 10.1 Å². The summed E-state index contributed by atoms with van der Waals surface area (Å²) in [7, 11) is 0. The Bertz CT molecular complexity index is 675. The smallest absolute Gasteiger partial charge is 0.235 e. The molecule has 20 heavy (non-hydrogen) atoms. The van der Waals surface area contributed by atoms with Crippen LogP contribution in [0.4, 0.5) is 5.69 Å². The maximum Gasteiger partial charge on any atom is 0.235 e. The van der Waals surface area contributed by atoms with Gasteiger partial charge in [-0.25, -0.2) is 0 Å². The van der Waals surface area contributed by atoms with E-state index in [1.165, 1.54) is 0 Å².